The second kappa shape index (κ2) is 0.544. The fourth-order valence-corrected chi connectivity index (χ4v) is 1.08. The molecule has 1 aliphatic heterocycles. The van der Waals surface area contributed by atoms with Crippen LogP contribution in [0.1, 0.15) is 19.8 Å². The molecule has 1 heteroatoms. The third-order valence-corrected chi connectivity index (χ3v) is 2.08. The minimum absolute atomic E-state index is 0.708. The molecule has 1 aliphatic carbocycles. The third-order valence-electron chi connectivity index (χ3n) is 2.08. The highest BCUT2D eigenvalue weighted by Gasteiger charge is 2.67. The molecule has 0 radical (unpaired) electrons. The van der Waals surface area contributed by atoms with Crippen LogP contribution >= 0.6 is 0 Å². The number of fused-ring (bicyclic) bond motifs is 1. The zero-order valence-corrected chi connectivity index (χ0v) is 3.99. The molecule has 2 fully saturated rings. The molecular weight excluding hydrogens is 74.1 g/mol. The minimum Gasteiger partial charge on any atom is -0.305 e. The summed E-state index contributed by atoms with van der Waals surface area (Å²) in [7, 11) is 0. The van der Waals surface area contributed by atoms with Crippen LogP contribution in [0.15, 0.2) is 0 Å². The molecule has 1 heterocycles. The van der Waals surface area contributed by atoms with Crippen molar-refractivity contribution in [1.82, 2.24) is 5.32 Å². The largest absolute Gasteiger partial charge is 0.305 e. The Morgan fingerprint density at radius 1 is 2.00 bits per heavy atom. The Bertz CT molecular complexity index is 81.9. The zero-order chi connectivity index (χ0) is 4.20. The van der Waals surface area contributed by atoms with E-state index in [0.29, 0.717) is 5.54 Å². The van der Waals surface area contributed by atoms with Crippen LogP contribution in [0.4, 0.5) is 0 Å². The van der Waals surface area contributed by atoms with Gasteiger partial charge >= 0.3 is 0 Å². The highest BCUT2D eigenvalue weighted by atomic mass is 15.3. The van der Waals surface area contributed by atoms with Gasteiger partial charge in [-0.2, -0.15) is 0 Å². The average molecular weight is 83.1 g/mol. The predicted molar refractivity (Wildman–Crippen MR) is 24.6 cm³/mol. The Balaban J connectivity index is 2.10. The quantitative estimate of drug-likeness (QED) is 0.458. The highest BCUT2D eigenvalue weighted by molar-refractivity contribution is 5.30. The molecule has 34 valence electrons. The van der Waals surface area contributed by atoms with Crippen LogP contribution < -0.4 is 5.32 Å². The fourth-order valence-electron chi connectivity index (χ4n) is 1.08. The Hall–Kier alpha value is -0.0400. The number of hydrogen-bond donors (Lipinski definition) is 1. The Morgan fingerprint density at radius 2 is 2.50 bits per heavy atom. The highest BCUT2D eigenvalue weighted by Crippen LogP contribution is 2.53. The van der Waals surface area contributed by atoms with Gasteiger partial charge in [0, 0.05) is 11.6 Å². The first kappa shape index (κ1) is 3.03. The van der Waals surface area contributed by atoms with E-state index in [1.165, 1.54) is 12.8 Å². The van der Waals surface area contributed by atoms with Crippen molar-refractivity contribution in [2.45, 2.75) is 31.3 Å². The Labute approximate surface area is 37.7 Å². The molecule has 0 amide bonds. The van der Waals surface area contributed by atoms with Crippen LogP contribution in [0.3, 0.4) is 0 Å². The van der Waals surface area contributed by atoms with Crippen molar-refractivity contribution in [3.05, 3.63) is 0 Å². The van der Waals surface area contributed by atoms with Crippen molar-refractivity contribution in [3.63, 3.8) is 0 Å². The zero-order valence-electron chi connectivity index (χ0n) is 3.99. The van der Waals surface area contributed by atoms with E-state index < -0.39 is 0 Å². The van der Waals surface area contributed by atoms with Crippen molar-refractivity contribution >= 4 is 0 Å². The Morgan fingerprint density at radius 3 is 2.50 bits per heavy atom. The standard InChI is InChI=1S/C5H9N/c1-2-5-3-4(5)6-5/h4,6H,2-3H2,1H3. The summed E-state index contributed by atoms with van der Waals surface area (Å²) in [6, 6.07) is 0.961. The molecule has 2 rings (SSSR count). The van der Waals surface area contributed by atoms with Crippen molar-refractivity contribution in [3.8, 4) is 0 Å². The van der Waals surface area contributed by atoms with E-state index in [2.05, 4.69) is 12.2 Å². The van der Waals surface area contributed by atoms with Crippen LogP contribution in [0, 0.1) is 0 Å². The summed E-state index contributed by atoms with van der Waals surface area (Å²) in [5, 5.41) is 3.36. The maximum absolute atomic E-state index is 3.36. The third kappa shape index (κ3) is 0.155. The summed E-state index contributed by atoms with van der Waals surface area (Å²) in [5.41, 5.74) is 0.708. The lowest BCUT2D eigenvalue weighted by atomic mass is 10.3. The summed E-state index contributed by atoms with van der Waals surface area (Å²) >= 11 is 0. The van der Waals surface area contributed by atoms with E-state index in [0.717, 1.165) is 6.04 Å². The average Bonchev–Trinajstić information content (AvgIpc) is 2.12. The molecule has 0 aromatic carbocycles. The second-order valence-corrected chi connectivity index (χ2v) is 2.41. The summed E-state index contributed by atoms with van der Waals surface area (Å²) in [6.45, 7) is 2.25. The van der Waals surface area contributed by atoms with Crippen LogP contribution in [0.25, 0.3) is 0 Å². The van der Waals surface area contributed by atoms with Crippen molar-refractivity contribution < 1.29 is 0 Å². The van der Waals surface area contributed by atoms with Gasteiger partial charge < -0.3 is 5.32 Å². The number of rotatable bonds is 1. The van der Waals surface area contributed by atoms with E-state index in [1.54, 1.807) is 0 Å². The summed E-state index contributed by atoms with van der Waals surface area (Å²) < 4.78 is 0. The first-order chi connectivity index (χ1) is 2.87. The molecule has 0 aromatic rings. The molecule has 6 heavy (non-hydrogen) atoms. The van der Waals surface area contributed by atoms with E-state index in [-0.39, 0.29) is 0 Å². The molecule has 0 aromatic heterocycles. The van der Waals surface area contributed by atoms with Crippen LogP contribution in [-0.4, -0.2) is 11.6 Å². The summed E-state index contributed by atoms with van der Waals surface area (Å²) in [6.07, 6.45) is 2.81. The van der Waals surface area contributed by atoms with Crippen LogP contribution in [-0.2, 0) is 0 Å². The predicted octanol–water partition coefficient (Wildman–Crippen LogP) is 0.511. The van der Waals surface area contributed by atoms with E-state index in [9.17, 15) is 0 Å². The normalized spacial score (nSPS) is 60.5. The maximum atomic E-state index is 3.36. The SMILES string of the molecule is CCC12CC1N2. The van der Waals surface area contributed by atoms with E-state index >= 15 is 0 Å². The molecule has 1 saturated carbocycles. The van der Waals surface area contributed by atoms with Crippen LogP contribution in [0.5, 0.6) is 0 Å². The van der Waals surface area contributed by atoms with Gasteiger partial charge in [-0.1, -0.05) is 6.92 Å². The van der Waals surface area contributed by atoms with Gasteiger partial charge in [0.05, 0.1) is 0 Å². The van der Waals surface area contributed by atoms with Gasteiger partial charge in [0.25, 0.3) is 0 Å². The van der Waals surface area contributed by atoms with Gasteiger partial charge in [0.2, 0.25) is 0 Å². The van der Waals surface area contributed by atoms with Gasteiger partial charge in [-0.3, -0.25) is 0 Å². The first-order valence-corrected chi connectivity index (χ1v) is 2.65. The molecule has 2 unspecified atom stereocenters. The van der Waals surface area contributed by atoms with Gasteiger partial charge in [-0.05, 0) is 12.8 Å². The van der Waals surface area contributed by atoms with Gasteiger partial charge in [-0.15, -0.1) is 0 Å². The first-order valence-electron chi connectivity index (χ1n) is 2.65. The lowest BCUT2D eigenvalue weighted by Gasteiger charge is -1.90. The molecule has 1 N–H and O–H groups in total. The fraction of sp³-hybridized carbons (Fsp3) is 1.00. The summed E-state index contributed by atoms with van der Waals surface area (Å²) in [4.78, 5) is 0. The van der Waals surface area contributed by atoms with Gasteiger partial charge in [-0.25, -0.2) is 0 Å². The molecule has 0 bridgehead atoms. The Kier molecular flexibility index (Phi) is 0.274. The maximum Gasteiger partial charge on any atom is 0.0352 e. The van der Waals surface area contributed by atoms with Crippen molar-refractivity contribution in [2.24, 2.45) is 0 Å². The summed E-state index contributed by atoms with van der Waals surface area (Å²) in [5.74, 6) is 0. The lowest BCUT2D eigenvalue weighted by molar-refractivity contribution is 0.678. The van der Waals surface area contributed by atoms with Crippen molar-refractivity contribution in [1.29, 1.82) is 0 Å². The topological polar surface area (TPSA) is 21.9 Å². The molecule has 0 spiro atoms. The molecular formula is C5H9N. The number of nitrogens with one attached hydrogen (secondary N) is 1. The second-order valence-electron chi connectivity index (χ2n) is 2.41. The van der Waals surface area contributed by atoms with Crippen molar-refractivity contribution in [2.75, 3.05) is 0 Å². The lowest BCUT2D eigenvalue weighted by Crippen LogP contribution is -2.05. The van der Waals surface area contributed by atoms with E-state index in [4.69, 9.17) is 0 Å². The van der Waals surface area contributed by atoms with Gasteiger partial charge in [0.1, 0.15) is 0 Å². The minimum atomic E-state index is 0.708. The van der Waals surface area contributed by atoms with Crippen LogP contribution in [0.2, 0.25) is 0 Å². The molecule has 1 saturated heterocycles. The molecule has 1 nitrogen and oxygen atoms in total. The monoisotopic (exact) mass is 83.1 g/mol. The van der Waals surface area contributed by atoms with E-state index in [1.807, 2.05) is 0 Å². The number of hydrogen-bond acceptors (Lipinski definition) is 1. The molecule has 2 aliphatic rings. The smallest absolute Gasteiger partial charge is 0.0352 e. The molecule has 2 atom stereocenters. The van der Waals surface area contributed by atoms with Gasteiger partial charge in [0.15, 0.2) is 0 Å².